The minimum atomic E-state index is 0.259. The number of aromatic nitrogens is 4. The molecule has 0 fully saturated rings. The molecular weight excluding hydrogens is 378 g/mol. The number of hydrogen-bond acceptors (Lipinski definition) is 5. The molecule has 158 valence electrons. The summed E-state index contributed by atoms with van der Waals surface area (Å²) in [6, 6.07) is 10.1. The Kier molecular flexibility index (Phi) is 6.11. The fraction of sp³-hybridized carbons (Fsp3) is 0.455. The second-order valence-electron chi connectivity index (χ2n) is 7.81. The Morgan fingerprint density at radius 2 is 2.10 bits per heavy atom. The maximum absolute atomic E-state index is 5.61. The molecule has 2 aromatic heterocycles. The summed E-state index contributed by atoms with van der Waals surface area (Å²) in [6.07, 6.45) is 3.59. The van der Waals surface area contributed by atoms with Gasteiger partial charge in [0.25, 0.3) is 0 Å². The number of aryl methyl sites for hydroxylation is 1. The van der Waals surface area contributed by atoms with E-state index >= 15 is 0 Å². The van der Waals surface area contributed by atoms with E-state index in [9.17, 15) is 0 Å². The van der Waals surface area contributed by atoms with Crippen LogP contribution in [0.3, 0.4) is 0 Å². The van der Waals surface area contributed by atoms with Crippen molar-refractivity contribution < 1.29 is 4.42 Å². The van der Waals surface area contributed by atoms with Crippen molar-refractivity contribution >= 4 is 5.96 Å². The van der Waals surface area contributed by atoms with Gasteiger partial charge >= 0.3 is 0 Å². The SMILES string of the molecule is CCNC(=NCc1coc(-c2ccccc2)n1)NC1CCc2nc(C(C)C)nn2C1. The fourth-order valence-corrected chi connectivity index (χ4v) is 3.46. The third-order valence-electron chi connectivity index (χ3n) is 5.05. The van der Waals surface area contributed by atoms with E-state index in [0.29, 0.717) is 18.4 Å². The van der Waals surface area contributed by atoms with Crippen LogP contribution in [0, 0.1) is 0 Å². The summed E-state index contributed by atoms with van der Waals surface area (Å²) < 4.78 is 7.65. The number of nitrogens with one attached hydrogen (secondary N) is 2. The summed E-state index contributed by atoms with van der Waals surface area (Å²) in [4.78, 5) is 13.9. The van der Waals surface area contributed by atoms with E-state index in [2.05, 4.69) is 46.5 Å². The topological polar surface area (TPSA) is 93.2 Å². The van der Waals surface area contributed by atoms with Gasteiger partial charge in [-0.05, 0) is 25.5 Å². The van der Waals surface area contributed by atoms with Crippen molar-refractivity contribution in [3.8, 4) is 11.5 Å². The van der Waals surface area contributed by atoms with Gasteiger partial charge in [-0.15, -0.1) is 0 Å². The van der Waals surface area contributed by atoms with Crippen LogP contribution in [0.2, 0.25) is 0 Å². The lowest BCUT2D eigenvalue weighted by Crippen LogP contribution is -2.47. The van der Waals surface area contributed by atoms with Crippen molar-refractivity contribution in [2.24, 2.45) is 4.99 Å². The quantitative estimate of drug-likeness (QED) is 0.482. The van der Waals surface area contributed by atoms with Crippen molar-refractivity contribution in [1.29, 1.82) is 0 Å². The van der Waals surface area contributed by atoms with Crippen LogP contribution >= 0.6 is 0 Å². The molecule has 0 bridgehead atoms. The molecule has 8 heteroatoms. The standard InChI is InChI=1S/C22H29N7O/c1-4-23-22(24-12-18-14-30-21(25-18)16-8-6-5-7-9-16)26-17-10-11-19-27-20(15(2)3)28-29(19)13-17/h5-9,14-15,17H,4,10-13H2,1-3H3,(H2,23,24,26). The summed E-state index contributed by atoms with van der Waals surface area (Å²) in [7, 11) is 0. The Labute approximate surface area is 176 Å². The molecule has 1 unspecified atom stereocenters. The summed E-state index contributed by atoms with van der Waals surface area (Å²) >= 11 is 0. The van der Waals surface area contributed by atoms with Crippen LogP contribution in [-0.2, 0) is 19.5 Å². The molecular formula is C22H29N7O. The normalized spacial score (nSPS) is 16.5. The number of nitrogens with zero attached hydrogens (tertiary/aromatic N) is 5. The van der Waals surface area contributed by atoms with E-state index in [1.54, 1.807) is 6.26 Å². The summed E-state index contributed by atoms with van der Waals surface area (Å²) in [5.41, 5.74) is 1.76. The van der Waals surface area contributed by atoms with Gasteiger partial charge in [0.2, 0.25) is 5.89 Å². The van der Waals surface area contributed by atoms with Crippen LogP contribution < -0.4 is 10.6 Å². The van der Waals surface area contributed by atoms with Gasteiger partial charge in [0.1, 0.15) is 17.8 Å². The lowest BCUT2D eigenvalue weighted by Gasteiger charge is -2.25. The molecule has 1 aliphatic rings. The van der Waals surface area contributed by atoms with E-state index in [0.717, 1.165) is 54.8 Å². The highest BCUT2D eigenvalue weighted by atomic mass is 16.3. The highest BCUT2D eigenvalue weighted by molar-refractivity contribution is 5.80. The summed E-state index contributed by atoms with van der Waals surface area (Å²) in [6.45, 7) is 8.34. The van der Waals surface area contributed by atoms with E-state index < -0.39 is 0 Å². The molecule has 0 saturated carbocycles. The van der Waals surface area contributed by atoms with Gasteiger partial charge in [0, 0.05) is 30.5 Å². The van der Waals surface area contributed by atoms with Crippen molar-refractivity contribution in [2.75, 3.05) is 6.54 Å². The van der Waals surface area contributed by atoms with Gasteiger partial charge in [-0.25, -0.2) is 19.6 Å². The Morgan fingerprint density at radius 3 is 2.87 bits per heavy atom. The maximum Gasteiger partial charge on any atom is 0.226 e. The molecule has 8 nitrogen and oxygen atoms in total. The van der Waals surface area contributed by atoms with Crippen LogP contribution in [0.25, 0.3) is 11.5 Å². The maximum atomic E-state index is 5.61. The smallest absolute Gasteiger partial charge is 0.226 e. The molecule has 1 atom stereocenters. The van der Waals surface area contributed by atoms with Crippen molar-refractivity contribution in [3.05, 3.63) is 53.9 Å². The Balaban J connectivity index is 1.40. The fourth-order valence-electron chi connectivity index (χ4n) is 3.46. The first-order chi connectivity index (χ1) is 14.6. The predicted octanol–water partition coefficient (Wildman–Crippen LogP) is 3.13. The zero-order valence-electron chi connectivity index (χ0n) is 17.8. The van der Waals surface area contributed by atoms with Gasteiger partial charge in [0.05, 0.1) is 13.1 Å². The largest absolute Gasteiger partial charge is 0.444 e. The molecule has 3 heterocycles. The van der Waals surface area contributed by atoms with Crippen molar-refractivity contribution in [1.82, 2.24) is 30.4 Å². The van der Waals surface area contributed by atoms with E-state index in [1.807, 2.05) is 35.0 Å². The van der Waals surface area contributed by atoms with Crippen molar-refractivity contribution in [2.45, 2.75) is 58.7 Å². The zero-order valence-corrected chi connectivity index (χ0v) is 17.8. The monoisotopic (exact) mass is 407 g/mol. The van der Waals surface area contributed by atoms with Crippen molar-refractivity contribution in [3.63, 3.8) is 0 Å². The third-order valence-corrected chi connectivity index (χ3v) is 5.05. The number of fused-ring (bicyclic) bond motifs is 1. The van der Waals surface area contributed by atoms with E-state index in [1.165, 1.54) is 0 Å². The first kappa shape index (κ1) is 20.1. The summed E-state index contributed by atoms with van der Waals surface area (Å²) in [5.74, 6) is 3.74. The summed E-state index contributed by atoms with van der Waals surface area (Å²) in [5, 5.41) is 11.5. The number of aliphatic imine (C=N–C) groups is 1. The Hall–Kier alpha value is -3.16. The molecule has 30 heavy (non-hydrogen) atoms. The number of oxazole rings is 1. The molecule has 0 aliphatic carbocycles. The molecule has 1 aliphatic heterocycles. The van der Waals surface area contributed by atoms with E-state index in [-0.39, 0.29) is 6.04 Å². The average Bonchev–Trinajstić information content (AvgIpc) is 3.40. The second kappa shape index (κ2) is 9.11. The van der Waals surface area contributed by atoms with Crippen LogP contribution in [0.5, 0.6) is 0 Å². The second-order valence-corrected chi connectivity index (χ2v) is 7.81. The molecule has 4 rings (SSSR count). The van der Waals surface area contributed by atoms with Gasteiger partial charge in [-0.3, -0.25) is 0 Å². The number of benzene rings is 1. The molecule has 1 aromatic carbocycles. The first-order valence-corrected chi connectivity index (χ1v) is 10.6. The highest BCUT2D eigenvalue weighted by Crippen LogP contribution is 2.19. The molecule has 0 saturated heterocycles. The Bertz CT molecular complexity index is 990. The minimum absolute atomic E-state index is 0.259. The van der Waals surface area contributed by atoms with Crippen LogP contribution in [0.4, 0.5) is 0 Å². The number of guanidine groups is 1. The zero-order chi connectivity index (χ0) is 20.9. The molecule has 3 aromatic rings. The van der Waals surface area contributed by atoms with Crippen LogP contribution in [0.15, 0.2) is 46.0 Å². The van der Waals surface area contributed by atoms with Gasteiger partial charge < -0.3 is 15.1 Å². The van der Waals surface area contributed by atoms with Crippen LogP contribution in [0.1, 0.15) is 50.5 Å². The lowest BCUT2D eigenvalue weighted by molar-refractivity contribution is 0.391. The third kappa shape index (κ3) is 4.69. The minimum Gasteiger partial charge on any atom is -0.444 e. The van der Waals surface area contributed by atoms with Gasteiger partial charge in [0.15, 0.2) is 11.8 Å². The molecule has 0 radical (unpaired) electrons. The predicted molar refractivity (Wildman–Crippen MR) is 116 cm³/mol. The number of rotatable bonds is 6. The molecule has 0 amide bonds. The van der Waals surface area contributed by atoms with E-state index in [4.69, 9.17) is 9.41 Å². The molecule has 0 spiro atoms. The highest BCUT2D eigenvalue weighted by Gasteiger charge is 2.23. The van der Waals surface area contributed by atoms with Crippen LogP contribution in [-0.4, -0.2) is 38.3 Å². The average molecular weight is 408 g/mol. The van der Waals surface area contributed by atoms with Gasteiger partial charge in [-0.1, -0.05) is 32.0 Å². The lowest BCUT2D eigenvalue weighted by atomic mass is 10.1. The molecule has 2 N–H and O–H groups in total. The first-order valence-electron chi connectivity index (χ1n) is 10.6. The number of hydrogen-bond donors (Lipinski definition) is 2. The Morgan fingerprint density at radius 1 is 1.27 bits per heavy atom. The van der Waals surface area contributed by atoms with Gasteiger partial charge in [-0.2, -0.15) is 5.10 Å².